The highest BCUT2D eigenvalue weighted by Crippen LogP contribution is 2.17. The summed E-state index contributed by atoms with van der Waals surface area (Å²) in [4.78, 5) is 2.08. The van der Waals surface area contributed by atoms with Gasteiger partial charge in [-0.25, -0.2) is 0 Å². The predicted octanol–water partition coefficient (Wildman–Crippen LogP) is 0.988. The molecule has 0 saturated heterocycles. The molecule has 4 N–H and O–H groups in total. The van der Waals surface area contributed by atoms with E-state index < -0.39 is 0 Å². The standard InChI is InChI=1S/C12H19N3O2/c1-9(2)15(7-8-16)11-5-3-10(4-6-11)12(13)14-17/h3-6,9,16-17H,7-8H2,1-2H3,(H2,13,14). The van der Waals surface area contributed by atoms with E-state index in [1.807, 2.05) is 12.1 Å². The maximum atomic E-state index is 9.01. The molecular weight excluding hydrogens is 218 g/mol. The molecule has 0 radical (unpaired) electrons. The van der Waals surface area contributed by atoms with E-state index in [4.69, 9.17) is 16.0 Å². The normalized spacial score (nSPS) is 11.9. The van der Waals surface area contributed by atoms with Crippen molar-refractivity contribution in [3.05, 3.63) is 29.8 Å². The number of aliphatic hydroxyl groups excluding tert-OH is 1. The molecule has 1 aromatic rings. The number of anilines is 1. The van der Waals surface area contributed by atoms with Crippen molar-refractivity contribution in [2.45, 2.75) is 19.9 Å². The van der Waals surface area contributed by atoms with Gasteiger partial charge in [-0.1, -0.05) is 5.16 Å². The van der Waals surface area contributed by atoms with E-state index in [9.17, 15) is 0 Å². The third kappa shape index (κ3) is 3.35. The SMILES string of the molecule is CC(C)N(CCO)c1ccc(/C(N)=N/O)cc1. The second-order valence-electron chi connectivity index (χ2n) is 4.04. The van der Waals surface area contributed by atoms with Gasteiger partial charge < -0.3 is 20.9 Å². The van der Waals surface area contributed by atoms with Crippen molar-refractivity contribution in [2.24, 2.45) is 10.9 Å². The van der Waals surface area contributed by atoms with Crippen LogP contribution in [0.25, 0.3) is 0 Å². The molecule has 0 atom stereocenters. The monoisotopic (exact) mass is 237 g/mol. The van der Waals surface area contributed by atoms with E-state index in [-0.39, 0.29) is 12.4 Å². The van der Waals surface area contributed by atoms with Crippen molar-refractivity contribution in [1.82, 2.24) is 0 Å². The van der Waals surface area contributed by atoms with Gasteiger partial charge in [-0.15, -0.1) is 0 Å². The highest BCUT2D eigenvalue weighted by atomic mass is 16.4. The van der Waals surface area contributed by atoms with E-state index >= 15 is 0 Å². The summed E-state index contributed by atoms with van der Waals surface area (Å²) in [7, 11) is 0. The van der Waals surface area contributed by atoms with Gasteiger partial charge >= 0.3 is 0 Å². The molecule has 0 fully saturated rings. The molecule has 0 bridgehead atoms. The molecule has 94 valence electrons. The first kappa shape index (κ1) is 13.3. The Labute approximate surface area is 101 Å². The first-order valence-electron chi connectivity index (χ1n) is 5.55. The van der Waals surface area contributed by atoms with E-state index in [1.165, 1.54) is 0 Å². The minimum absolute atomic E-state index is 0.0924. The number of nitrogens with two attached hydrogens (primary N) is 1. The van der Waals surface area contributed by atoms with Crippen molar-refractivity contribution in [2.75, 3.05) is 18.1 Å². The molecule has 0 heterocycles. The Morgan fingerprint density at radius 2 is 1.94 bits per heavy atom. The Balaban J connectivity index is 2.92. The van der Waals surface area contributed by atoms with E-state index in [0.29, 0.717) is 18.2 Å². The van der Waals surface area contributed by atoms with Gasteiger partial charge in [0.2, 0.25) is 0 Å². The third-order valence-electron chi connectivity index (χ3n) is 2.57. The van der Waals surface area contributed by atoms with E-state index in [0.717, 1.165) is 5.69 Å². The molecule has 5 heteroatoms. The molecule has 1 aromatic carbocycles. The number of rotatable bonds is 5. The van der Waals surface area contributed by atoms with Crippen molar-refractivity contribution in [1.29, 1.82) is 0 Å². The second kappa shape index (κ2) is 6.10. The maximum Gasteiger partial charge on any atom is 0.170 e. The van der Waals surface area contributed by atoms with Crippen LogP contribution in [0.4, 0.5) is 5.69 Å². The fraction of sp³-hybridized carbons (Fsp3) is 0.417. The van der Waals surface area contributed by atoms with E-state index in [2.05, 4.69) is 23.9 Å². The fourth-order valence-corrected chi connectivity index (χ4v) is 1.67. The minimum atomic E-state index is 0.0924. The van der Waals surface area contributed by atoms with Crippen LogP contribution in [0.3, 0.4) is 0 Å². The lowest BCUT2D eigenvalue weighted by Crippen LogP contribution is -2.33. The average Bonchev–Trinajstić information content (AvgIpc) is 2.35. The Morgan fingerprint density at radius 3 is 2.35 bits per heavy atom. The predicted molar refractivity (Wildman–Crippen MR) is 68.5 cm³/mol. The molecule has 0 aromatic heterocycles. The molecule has 0 amide bonds. The van der Waals surface area contributed by atoms with Crippen LogP contribution in [0.5, 0.6) is 0 Å². The topological polar surface area (TPSA) is 82.1 Å². The van der Waals surface area contributed by atoms with Crippen LogP contribution in [-0.4, -0.2) is 35.3 Å². The Morgan fingerprint density at radius 1 is 1.35 bits per heavy atom. The number of amidine groups is 1. The van der Waals surface area contributed by atoms with Gasteiger partial charge in [0, 0.05) is 23.8 Å². The third-order valence-corrected chi connectivity index (χ3v) is 2.57. The Hall–Kier alpha value is -1.75. The molecule has 0 aliphatic heterocycles. The van der Waals surface area contributed by atoms with Gasteiger partial charge in [-0.05, 0) is 38.1 Å². The molecule has 0 spiro atoms. The van der Waals surface area contributed by atoms with Gasteiger partial charge in [-0.2, -0.15) is 0 Å². The number of hydrogen-bond donors (Lipinski definition) is 3. The van der Waals surface area contributed by atoms with Crippen LogP contribution in [0.1, 0.15) is 19.4 Å². The minimum Gasteiger partial charge on any atom is -0.409 e. The zero-order valence-electron chi connectivity index (χ0n) is 10.2. The molecule has 0 unspecified atom stereocenters. The molecule has 5 nitrogen and oxygen atoms in total. The molecule has 0 aliphatic carbocycles. The number of hydrogen-bond acceptors (Lipinski definition) is 4. The van der Waals surface area contributed by atoms with Gasteiger partial charge in [0.1, 0.15) is 0 Å². The average molecular weight is 237 g/mol. The van der Waals surface area contributed by atoms with E-state index in [1.54, 1.807) is 12.1 Å². The molecule has 0 saturated carbocycles. The fourth-order valence-electron chi connectivity index (χ4n) is 1.67. The van der Waals surface area contributed by atoms with Gasteiger partial charge in [0.25, 0.3) is 0 Å². The summed E-state index contributed by atoms with van der Waals surface area (Å²) in [5, 5.41) is 20.5. The summed E-state index contributed by atoms with van der Waals surface area (Å²) < 4.78 is 0. The summed E-state index contributed by atoms with van der Waals surface area (Å²) in [6, 6.07) is 7.66. The van der Waals surface area contributed by atoms with Crippen molar-refractivity contribution >= 4 is 11.5 Å². The molecule has 0 aliphatic rings. The van der Waals surface area contributed by atoms with Crippen LogP contribution in [0, 0.1) is 0 Å². The second-order valence-corrected chi connectivity index (χ2v) is 4.04. The summed E-state index contributed by atoms with van der Waals surface area (Å²) >= 11 is 0. The zero-order valence-corrected chi connectivity index (χ0v) is 10.2. The van der Waals surface area contributed by atoms with Gasteiger partial charge in [0.15, 0.2) is 5.84 Å². The summed E-state index contributed by atoms with van der Waals surface area (Å²) in [5.74, 6) is 0.0924. The van der Waals surface area contributed by atoms with Crippen LogP contribution in [0.2, 0.25) is 0 Å². The van der Waals surface area contributed by atoms with Crippen molar-refractivity contribution in [3.63, 3.8) is 0 Å². The summed E-state index contributed by atoms with van der Waals surface area (Å²) in [6.45, 7) is 4.82. The molecule has 17 heavy (non-hydrogen) atoms. The lowest BCUT2D eigenvalue weighted by Gasteiger charge is -2.28. The van der Waals surface area contributed by atoms with Crippen molar-refractivity contribution < 1.29 is 10.3 Å². The van der Waals surface area contributed by atoms with Crippen LogP contribution < -0.4 is 10.6 Å². The number of oxime groups is 1. The Bertz CT molecular complexity index is 374. The van der Waals surface area contributed by atoms with Crippen molar-refractivity contribution in [3.8, 4) is 0 Å². The Kier molecular flexibility index (Phi) is 4.78. The lowest BCUT2D eigenvalue weighted by atomic mass is 10.1. The van der Waals surface area contributed by atoms with Crippen LogP contribution in [0.15, 0.2) is 29.4 Å². The quantitative estimate of drug-likeness (QED) is 0.309. The summed E-state index contributed by atoms with van der Waals surface area (Å²) in [6.07, 6.45) is 0. The molecule has 1 rings (SSSR count). The maximum absolute atomic E-state index is 9.01. The zero-order chi connectivity index (χ0) is 12.8. The number of nitrogens with zero attached hydrogens (tertiary/aromatic N) is 2. The first-order chi connectivity index (χ1) is 8.10. The van der Waals surface area contributed by atoms with Gasteiger partial charge in [0.05, 0.1) is 6.61 Å². The smallest absolute Gasteiger partial charge is 0.170 e. The molecular formula is C12H19N3O2. The summed E-state index contributed by atoms with van der Waals surface area (Å²) in [5.41, 5.74) is 7.16. The lowest BCUT2D eigenvalue weighted by molar-refractivity contribution is 0.299. The van der Waals surface area contributed by atoms with Crippen LogP contribution >= 0.6 is 0 Å². The van der Waals surface area contributed by atoms with Gasteiger partial charge in [-0.3, -0.25) is 0 Å². The highest BCUT2D eigenvalue weighted by Gasteiger charge is 2.10. The largest absolute Gasteiger partial charge is 0.409 e. The highest BCUT2D eigenvalue weighted by molar-refractivity contribution is 5.97. The number of benzene rings is 1. The van der Waals surface area contributed by atoms with Crippen LogP contribution in [-0.2, 0) is 0 Å². The number of aliphatic hydroxyl groups is 1. The first-order valence-corrected chi connectivity index (χ1v) is 5.55.